The number of benzene rings is 5. The minimum absolute atomic E-state index is 0.0815. The molecule has 302 valence electrons. The summed E-state index contributed by atoms with van der Waals surface area (Å²) in [7, 11) is 5.45. The average Bonchev–Trinajstić information content (AvgIpc) is 3.65. The van der Waals surface area contributed by atoms with Crippen LogP contribution in [0.2, 0.25) is 0 Å². The first-order chi connectivity index (χ1) is 29.0. The number of nitrogens with zero attached hydrogens (tertiary/aromatic N) is 5. The number of fused-ring (bicyclic) bond motifs is 4. The number of anilines is 3. The van der Waals surface area contributed by atoms with Gasteiger partial charge in [0.05, 0.1) is 53.0 Å². The molecule has 0 bridgehead atoms. The molecule has 0 spiro atoms. The lowest BCUT2D eigenvalue weighted by molar-refractivity contribution is -0.138. The van der Waals surface area contributed by atoms with Crippen molar-refractivity contribution in [2.75, 3.05) is 36.4 Å². The van der Waals surface area contributed by atoms with Gasteiger partial charge < -0.3 is 14.7 Å². The smallest absolute Gasteiger partial charge is 0.260 e. The summed E-state index contributed by atoms with van der Waals surface area (Å²) in [4.78, 5) is 62.7. The minimum atomic E-state index is -1.53. The van der Waals surface area contributed by atoms with Crippen molar-refractivity contribution in [3.05, 3.63) is 150 Å². The molecule has 1 saturated carbocycles. The number of phenolic OH excluding ortho intramolecular Hbond substituents is 1. The van der Waals surface area contributed by atoms with Crippen LogP contribution in [0.4, 0.5) is 28.4 Å². The van der Waals surface area contributed by atoms with Gasteiger partial charge in [-0.2, -0.15) is 15.2 Å². The van der Waals surface area contributed by atoms with Crippen LogP contribution in [0.25, 0.3) is 0 Å². The average molecular weight is 801 g/mol. The second kappa shape index (κ2) is 14.9. The third kappa shape index (κ3) is 6.13. The van der Waals surface area contributed by atoms with E-state index in [-0.39, 0.29) is 30.4 Å². The number of azo groups is 1. The highest BCUT2D eigenvalue weighted by Gasteiger charge is 2.70. The summed E-state index contributed by atoms with van der Waals surface area (Å²) in [5, 5.41) is 21.5. The summed E-state index contributed by atoms with van der Waals surface area (Å²) in [5.74, 6) is -5.23. The number of hydrogen-bond acceptors (Lipinski definition) is 10. The SMILES string of the molecule is COc1ccc(O)c(C2C3=CCC4C(=O)N(c5ccc(N=Nc6ccc(N(C)C)cc6)cc5)C(=O)C4C3CC3C(=O)N(Nc4ccc(C)cc4)C(=O)C32c2ccccc2)c1. The topological polar surface area (TPSA) is 144 Å². The van der Waals surface area contributed by atoms with Gasteiger partial charge in [-0.25, -0.2) is 0 Å². The first kappa shape index (κ1) is 38.4. The summed E-state index contributed by atoms with van der Waals surface area (Å²) in [6, 6.07) is 36.0. The van der Waals surface area contributed by atoms with E-state index in [1.54, 1.807) is 36.4 Å². The zero-order valence-electron chi connectivity index (χ0n) is 33.6. The molecule has 0 aromatic heterocycles. The van der Waals surface area contributed by atoms with Crippen LogP contribution in [-0.4, -0.2) is 54.9 Å². The number of carbonyl (C=O) groups is 4. The Morgan fingerprint density at radius 3 is 2.10 bits per heavy atom. The van der Waals surface area contributed by atoms with Crippen LogP contribution in [0.5, 0.6) is 11.5 Å². The lowest BCUT2D eigenvalue weighted by atomic mass is 9.49. The highest BCUT2D eigenvalue weighted by atomic mass is 16.5. The standard InChI is InChI=1S/C48H44N6O6/c1-28-10-12-32(13-11-28)51-54-45(57)40-27-38-36(43(39-26-35(60-4)22-25-41(39)55)48(40,47(54)59)29-8-6-5-7-9-29)23-24-37-42(38)46(58)53(44(37)56)34-20-16-31(17-21-34)50-49-30-14-18-33(19-15-30)52(2)3/h5-23,25-26,37-38,40,42-43,51,55H,24,27H2,1-4H3. The van der Waals surface area contributed by atoms with Crippen molar-refractivity contribution in [1.82, 2.24) is 5.01 Å². The quantitative estimate of drug-likeness (QED) is 0.0860. The summed E-state index contributed by atoms with van der Waals surface area (Å²) in [6.45, 7) is 1.95. The lowest BCUT2D eigenvalue weighted by Crippen LogP contribution is -2.53. The highest BCUT2D eigenvalue weighted by Crippen LogP contribution is 2.65. The molecule has 0 radical (unpaired) electrons. The molecule has 6 atom stereocenters. The number of hydrogen-bond donors (Lipinski definition) is 2. The Labute approximate surface area is 347 Å². The Bertz CT molecular complexity index is 2570. The molecule has 2 N–H and O–H groups in total. The molecule has 4 amide bonds. The zero-order chi connectivity index (χ0) is 41.9. The van der Waals surface area contributed by atoms with E-state index in [4.69, 9.17) is 4.74 Å². The lowest BCUT2D eigenvalue weighted by Gasteiger charge is -2.50. The Balaban J connectivity index is 1.11. The molecule has 6 unspecified atom stereocenters. The Morgan fingerprint density at radius 2 is 1.45 bits per heavy atom. The number of rotatable bonds is 9. The fraction of sp³-hybridized carbons (Fsp3) is 0.250. The van der Waals surface area contributed by atoms with Crippen molar-refractivity contribution in [3.63, 3.8) is 0 Å². The summed E-state index contributed by atoms with van der Waals surface area (Å²) >= 11 is 0. The number of amides is 4. The monoisotopic (exact) mass is 800 g/mol. The molecule has 5 aromatic rings. The maximum absolute atomic E-state index is 15.4. The Kier molecular flexibility index (Phi) is 9.57. The van der Waals surface area contributed by atoms with E-state index in [1.165, 1.54) is 18.1 Å². The molecule has 12 nitrogen and oxygen atoms in total. The van der Waals surface area contributed by atoms with E-state index in [0.29, 0.717) is 39.6 Å². The number of imide groups is 2. The molecule has 2 aliphatic heterocycles. The molecule has 4 aliphatic rings. The van der Waals surface area contributed by atoms with Crippen molar-refractivity contribution in [2.24, 2.45) is 33.9 Å². The van der Waals surface area contributed by atoms with Crippen LogP contribution in [0, 0.1) is 30.6 Å². The van der Waals surface area contributed by atoms with Crippen LogP contribution in [-0.2, 0) is 24.6 Å². The van der Waals surface area contributed by atoms with Gasteiger partial charge >= 0.3 is 0 Å². The highest BCUT2D eigenvalue weighted by molar-refractivity contribution is 6.22. The number of ether oxygens (including phenoxy) is 1. The predicted octanol–water partition coefficient (Wildman–Crippen LogP) is 8.38. The second-order valence-electron chi connectivity index (χ2n) is 16.2. The number of allylic oxidation sites excluding steroid dienone is 2. The third-order valence-electron chi connectivity index (χ3n) is 12.7. The van der Waals surface area contributed by atoms with Crippen LogP contribution in [0.1, 0.15) is 35.4 Å². The van der Waals surface area contributed by atoms with Gasteiger partial charge in [0.1, 0.15) is 11.5 Å². The zero-order valence-corrected chi connectivity index (χ0v) is 33.6. The maximum atomic E-state index is 15.4. The van der Waals surface area contributed by atoms with E-state index >= 15 is 4.79 Å². The molecular formula is C48H44N6O6. The van der Waals surface area contributed by atoms with Crippen LogP contribution in [0.3, 0.4) is 0 Å². The maximum Gasteiger partial charge on any atom is 0.260 e. The van der Waals surface area contributed by atoms with Gasteiger partial charge in [0.2, 0.25) is 11.8 Å². The number of aromatic hydroxyl groups is 1. The molecule has 12 heteroatoms. The number of carbonyl (C=O) groups excluding carboxylic acids is 4. The first-order valence-corrected chi connectivity index (χ1v) is 20.0. The summed E-state index contributed by atoms with van der Waals surface area (Å²) < 4.78 is 5.64. The number of aryl methyl sites for hydroxylation is 1. The molecule has 2 aliphatic carbocycles. The van der Waals surface area contributed by atoms with Crippen molar-refractivity contribution in [1.29, 1.82) is 0 Å². The van der Waals surface area contributed by atoms with E-state index in [9.17, 15) is 19.5 Å². The number of hydrazine groups is 1. The summed E-state index contributed by atoms with van der Waals surface area (Å²) in [6.07, 6.45) is 2.33. The number of methoxy groups -OCH3 is 1. The fourth-order valence-corrected chi connectivity index (χ4v) is 9.84. The van der Waals surface area contributed by atoms with Gasteiger partial charge in [0, 0.05) is 31.3 Å². The second-order valence-corrected chi connectivity index (χ2v) is 16.2. The molecule has 3 fully saturated rings. The number of phenols is 1. The van der Waals surface area contributed by atoms with E-state index in [0.717, 1.165) is 21.8 Å². The molecule has 60 heavy (non-hydrogen) atoms. The fourth-order valence-electron chi connectivity index (χ4n) is 9.84. The largest absolute Gasteiger partial charge is 0.508 e. The van der Waals surface area contributed by atoms with Gasteiger partial charge in [-0.3, -0.25) is 29.5 Å². The van der Waals surface area contributed by atoms with Gasteiger partial charge in [0.15, 0.2) is 0 Å². The molecule has 5 aromatic carbocycles. The van der Waals surface area contributed by atoms with Gasteiger partial charge in [-0.05, 0) is 110 Å². The Morgan fingerprint density at radius 1 is 0.783 bits per heavy atom. The van der Waals surface area contributed by atoms with E-state index in [1.807, 2.05) is 111 Å². The van der Waals surface area contributed by atoms with Crippen LogP contribution < -0.4 is 20.0 Å². The third-order valence-corrected chi connectivity index (χ3v) is 12.7. The Hall–Kier alpha value is -7.08. The van der Waals surface area contributed by atoms with Gasteiger partial charge in [-0.15, -0.1) is 0 Å². The van der Waals surface area contributed by atoms with Crippen molar-refractivity contribution < 1.29 is 29.0 Å². The molecule has 2 heterocycles. The van der Waals surface area contributed by atoms with Crippen LogP contribution >= 0.6 is 0 Å². The summed E-state index contributed by atoms with van der Waals surface area (Å²) in [5.41, 5.74) is 7.57. The van der Waals surface area contributed by atoms with Crippen molar-refractivity contribution in [3.8, 4) is 11.5 Å². The normalized spacial score (nSPS) is 24.6. The van der Waals surface area contributed by atoms with Gasteiger partial charge in [-0.1, -0.05) is 59.7 Å². The van der Waals surface area contributed by atoms with Crippen molar-refractivity contribution in [2.45, 2.75) is 31.1 Å². The predicted molar refractivity (Wildman–Crippen MR) is 227 cm³/mol. The first-order valence-electron chi connectivity index (χ1n) is 20.0. The molecule has 2 saturated heterocycles. The van der Waals surface area contributed by atoms with E-state index in [2.05, 4.69) is 15.7 Å². The molecular weight excluding hydrogens is 757 g/mol. The van der Waals surface area contributed by atoms with Crippen LogP contribution in [0.15, 0.2) is 143 Å². The van der Waals surface area contributed by atoms with Gasteiger partial charge in [0.25, 0.3) is 11.8 Å². The van der Waals surface area contributed by atoms with Crippen molar-refractivity contribution >= 4 is 52.1 Å². The molecule has 9 rings (SSSR count). The number of nitrogens with one attached hydrogen (secondary N) is 1. The minimum Gasteiger partial charge on any atom is -0.508 e. The van der Waals surface area contributed by atoms with E-state index < -0.39 is 46.8 Å².